The van der Waals surface area contributed by atoms with E-state index in [1.54, 1.807) is 4.90 Å². The maximum absolute atomic E-state index is 12.1. The van der Waals surface area contributed by atoms with Crippen molar-refractivity contribution in [2.45, 2.75) is 69.6 Å². The Morgan fingerprint density at radius 2 is 1.89 bits per heavy atom. The first-order valence-corrected chi connectivity index (χ1v) is 7.14. The Morgan fingerprint density at radius 3 is 2.37 bits per heavy atom. The number of hydrogen-bond acceptors (Lipinski definition) is 4. The molecule has 3 N–H and O–H groups in total. The van der Waals surface area contributed by atoms with E-state index in [1.807, 2.05) is 20.8 Å². The van der Waals surface area contributed by atoms with Crippen LogP contribution in [-0.4, -0.2) is 45.9 Å². The molecule has 1 aliphatic heterocycles. The summed E-state index contributed by atoms with van der Waals surface area (Å²) in [5, 5.41) is 10.5. The summed E-state index contributed by atoms with van der Waals surface area (Å²) in [6, 6.07) is 0. The second-order valence-corrected chi connectivity index (χ2v) is 7.05. The standard InChI is InChI=1S/C14H26N2O3/c1-12(2,3)19-11(17)16-9-5-6-13(15,10-16)14(18)7-4-8-14/h18H,4-10,15H2,1-3H3. The lowest BCUT2D eigenvalue weighted by Crippen LogP contribution is -2.70. The Morgan fingerprint density at radius 1 is 1.26 bits per heavy atom. The van der Waals surface area contributed by atoms with Gasteiger partial charge in [-0.3, -0.25) is 0 Å². The van der Waals surface area contributed by atoms with Gasteiger partial charge >= 0.3 is 6.09 Å². The fourth-order valence-corrected chi connectivity index (χ4v) is 2.96. The number of nitrogens with two attached hydrogens (primary N) is 1. The number of carbonyl (C=O) groups is 1. The van der Waals surface area contributed by atoms with Gasteiger partial charge in [-0.15, -0.1) is 0 Å². The summed E-state index contributed by atoms with van der Waals surface area (Å²) in [7, 11) is 0. The number of rotatable bonds is 1. The zero-order valence-electron chi connectivity index (χ0n) is 12.2. The average molecular weight is 270 g/mol. The van der Waals surface area contributed by atoms with Gasteiger partial charge in [-0.05, 0) is 52.9 Å². The maximum atomic E-state index is 12.1. The minimum atomic E-state index is -0.798. The molecule has 0 spiro atoms. The average Bonchev–Trinajstić information content (AvgIpc) is 2.23. The van der Waals surface area contributed by atoms with E-state index in [0.29, 0.717) is 13.1 Å². The number of aliphatic hydroxyl groups is 1. The number of ether oxygens (including phenoxy) is 1. The fraction of sp³-hybridized carbons (Fsp3) is 0.929. The van der Waals surface area contributed by atoms with Crippen LogP contribution in [0.1, 0.15) is 52.9 Å². The van der Waals surface area contributed by atoms with Gasteiger partial charge in [-0.1, -0.05) is 0 Å². The van der Waals surface area contributed by atoms with Crippen LogP contribution in [0.5, 0.6) is 0 Å². The van der Waals surface area contributed by atoms with Crippen molar-refractivity contribution in [3.05, 3.63) is 0 Å². The fourth-order valence-electron chi connectivity index (χ4n) is 2.96. The Bertz CT molecular complexity index is 360. The van der Waals surface area contributed by atoms with Gasteiger partial charge in [-0.2, -0.15) is 0 Å². The molecule has 2 rings (SSSR count). The maximum Gasteiger partial charge on any atom is 0.410 e. The lowest BCUT2D eigenvalue weighted by atomic mass is 9.64. The zero-order valence-corrected chi connectivity index (χ0v) is 12.2. The lowest BCUT2D eigenvalue weighted by molar-refractivity contribution is -0.117. The Balaban J connectivity index is 2.03. The van der Waals surface area contributed by atoms with E-state index in [4.69, 9.17) is 10.5 Å². The number of carbonyl (C=O) groups excluding carboxylic acids is 1. The highest BCUT2D eigenvalue weighted by atomic mass is 16.6. The molecule has 1 unspecified atom stereocenters. The summed E-state index contributed by atoms with van der Waals surface area (Å²) in [4.78, 5) is 13.7. The first-order chi connectivity index (χ1) is 8.65. The van der Waals surface area contributed by atoms with Crippen LogP contribution in [0.3, 0.4) is 0 Å². The first kappa shape index (κ1) is 14.6. The largest absolute Gasteiger partial charge is 0.444 e. The van der Waals surface area contributed by atoms with E-state index >= 15 is 0 Å². The molecule has 2 aliphatic rings. The second-order valence-electron chi connectivity index (χ2n) is 7.05. The molecular weight excluding hydrogens is 244 g/mol. The third-order valence-corrected chi connectivity index (χ3v) is 4.28. The molecule has 2 fully saturated rings. The number of piperidine rings is 1. The summed E-state index contributed by atoms with van der Waals surface area (Å²) in [5.41, 5.74) is 4.41. The molecule has 1 saturated heterocycles. The molecular formula is C14H26N2O3. The highest BCUT2D eigenvalue weighted by Crippen LogP contribution is 2.43. The molecule has 1 amide bonds. The summed E-state index contributed by atoms with van der Waals surface area (Å²) in [6.45, 7) is 6.60. The van der Waals surface area contributed by atoms with Gasteiger partial charge in [0.15, 0.2) is 0 Å². The third-order valence-electron chi connectivity index (χ3n) is 4.28. The molecule has 1 heterocycles. The predicted octanol–water partition coefficient (Wildman–Crippen LogP) is 1.63. The molecule has 0 bridgehead atoms. The molecule has 5 nitrogen and oxygen atoms in total. The molecule has 0 aromatic carbocycles. The van der Waals surface area contributed by atoms with Crippen molar-refractivity contribution in [2.75, 3.05) is 13.1 Å². The van der Waals surface area contributed by atoms with E-state index < -0.39 is 16.7 Å². The summed E-state index contributed by atoms with van der Waals surface area (Å²) >= 11 is 0. The molecule has 110 valence electrons. The van der Waals surface area contributed by atoms with Crippen molar-refractivity contribution in [2.24, 2.45) is 5.73 Å². The molecule has 1 aliphatic carbocycles. The molecule has 1 saturated carbocycles. The number of hydrogen-bond donors (Lipinski definition) is 2. The van der Waals surface area contributed by atoms with Gasteiger partial charge < -0.3 is 20.5 Å². The molecule has 19 heavy (non-hydrogen) atoms. The van der Waals surface area contributed by atoms with E-state index in [2.05, 4.69) is 0 Å². The first-order valence-electron chi connectivity index (χ1n) is 7.14. The lowest BCUT2D eigenvalue weighted by Gasteiger charge is -2.54. The molecule has 1 atom stereocenters. The van der Waals surface area contributed by atoms with Crippen molar-refractivity contribution >= 4 is 6.09 Å². The quantitative estimate of drug-likeness (QED) is 0.759. The third kappa shape index (κ3) is 2.87. The van der Waals surface area contributed by atoms with E-state index in [-0.39, 0.29) is 6.09 Å². The molecule has 0 radical (unpaired) electrons. The highest BCUT2D eigenvalue weighted by Gasteiger charge is 2.53. The summed E-state index contributed by atoms with van der Waals surface area (Å²) < 4.78 is 5.38. The highest BCUT2D eigenvalue weighted by molar-refractivity contribution is 5.68. The normalized spacial score (nSPS) is 30.7. The van der Waals surface area contributed by atoms with Gasteiger partial charge in [0, 0.05) is 13.1 Å². The van der Waals surface area contributed by atoms with Crippen LogP contribution in [0.4, 0.5) is 4.79 Å². The Labute approximate surface area is 115 Å². The minimum absolute atomic E-state index is 0.329. The van der Waals surface area contributed by atoms with Crippen LogP contribution in [0, 0.1) is 0 Å². The van der Waals surface area contributed by atoms with Gasteiger partial charge in [0.25, 0.3) is 0 Å². The summed E-state index contributed by atoms with van der Waals surface area (Å²) in [5.74, 6) is 0. The van der Waals surface area contributed by atoms with Crippen LogP contribution < -0.4 is 5.73 Å². The molecule has 5 heteroatoms. The smallest absolute Gasteiger partial charge is 0.410 e. The number of amides is 1. The van der Waals surface area contributed by atoms with Crippen molar-refractivity contribution in [1.29, 1.82) is 0 Å². The van der Waals surface area contributed by atoms with Gasteiger partial charge in [0.2, 0.25) is 0 Å². The Hall–Kier alpha value is -0.810. The second kappa shape index (κ2) is 4.63. The van der Waals surface area contributed by atoms with Crippen LogP contribution in [0.15, 0.2) is 0 Å². The van der Waals surface area contributed by atoms with Gasteiger partial charge in [0.05, 0.1) is 11.1 Å². The van der Waals surface area contributed by atoms with Crippen LogP contribution >= 0.6 is 0 Å². The minimum Gasteiger partial charge on any atom is -0.444 e. The van der Waals surface area contributed by atoms with E-state index in [9.17, 15) is 9.90 Å². The molecule has 0 aromatic rings. The van der Waals surface area contributed by atoms with Crippen molar-refractivity contribution < 1.29 is 14.6 Å². The number of nitrogens with zero attached hydrogens (tertiary/aromatic N) is 1. The zero-order chi connectivity index (χ0) is 14.3. The predicted molar refractivity (Wildman–Crippen MR) is 72.8 cm³/mol. The van der Waals surface area contributed by atoms with Crippen molar-refractivity contribution in [1.82, 2.24) is 4.90 Å². The van der Waals surface area contributed by atoms with Crippen molar-refractivity contribution in [3.63, 3.8) is 0 Å². The van der Waals surface area contributed by atoms with E-state index in [1.165, 1.54) is 0 Å². The summed E-state index contributed by atoms with van der Waals surface area (Å²) in [6.07, 6.45) is 3.75. The van der Waals surface area contributed by atoms with Crippen LogP contribution in [-0.2, 0) is 4.74 Å². The van der Waals surface area contributed by atoms with Gasteiger partial charge in [0.1, 0.15) is 5.60 Å². The van der Waals surface area contributed by atoms with E-state index in [0.717, 1.165) is 32.1 Å². The van der Waals surface area contributed by atoms with Crippen LogP contribution in [0.25, 0.3) is 0 Å². The monoisotopic (exact) mass is 270 g/mol. The SMILES string of the molecule is CC(C)(C)OC(=O)N1CCCC(N)(C2(O)CCC2)C1. The topological polar surface area (TPSA) is 75.8 Å². The number of likely N-dealkylation sites (tertiary alicyclic amines) is 1. The van der Waals surface area contributed by atoms with Crippen LogP contribution in [0.2, 0.25) is 0 Å². The van der Waals surface area contributed by atoms with Gasteiger partial charge in [-0.25, -0.2) is 4.79 Å². The van der Waals surface area contributed by atoms with Crippen molar-refractivity contribution in [3.8, 4) is 0 Å². The Kier molecular flexibility index (Phi) is 3.56. The molecule has 0 aromatic heterocycles.